The second-order valence-corrected chi connectivity index (χ2v) is 5.94. The average Bonchev–Trinajstić information content (AvgIpc) is 2.66. The Bertz CT molecular complexity index is 421. The van der Waals surface area contributed by atoms with E-state index in [0.717, 1.165) is 17.0 Å². The van der Waals surface area contributed by atoms with Crippen LogP contribution < -0.4 is 5.32 Å². The maximum atomic E-state index is 12.0. The summed E-state index contributed by atoms with van der Waals surface area (Å²) in [5.41, 5.74) is 1.83. The van der Waals surface area contributed by atoms with Gasteiger partial charge in [-0.15, -0.1) is 0 Å². The highest BCUT2D eigenvalue weighted by molar-refractivity contribution is 5.78. The summed E-state index contributed by atoms with van der Waals surface area (Å²) in [7, 11) is 0. The average molecular weight is 282 g/mol. The van der Waals surface area contributed by atoms with E-state index in [1.807, 2.05) is 34.6 Å². The van der Waals surface area contributed by atoms with Gasteiger partial charge in [0.05, 0.1) is 11.8 Å². The predicted molar refractivity (Wildman–Crippen MR) is 77.3 cm³/mol. The van der Waals surface area contributed by atoms with Gasteiger partial charge in [-0.3, -0.25) is 4.79 Å². The fourth-order valence-corrected chi connectivity index (χ4v) is 2.21. The lowest BCUT2D eigenvalue weighted by Gasteiger charge is -2.16. The Morgan fingerprint density at radius 3 is 2.50 bits per heavy atom. The molecule has 0 aliphatic carbocycles. The van der Waals surface area contributed by atoms with Gasteiger partial charge in [0.15, 0.2) is 0 Å². The van der Waals surface area contributed by atoms with Gasteiger partial charge in [-0.25, -0.2) is 0 Å². The lowest BCUT2D eigenvalue weighted by atomic mass is 9.99. The summed E-state index contributed by atoms with van der Waals surface area (Å²) in [6.07, 6.45) is 0.816. The number of nitrogens with zero attached hydrogens (tertiary/aromatic N) is 1. The number of rotatable bonds is 7. The van der Waals surface area contributed by atoms with Crippen LogP contribution in [0.2, 0.25) is 0 Å². The number of aliphatic hydroxyl groups excluding tert-OH is 1. The maximum Gasteiger partial charge on any atom is 0.223 e. The summed E-state index contributed by atoms with van der Waals surface area (Å²) in [6.45, 7) is 10.0. The minimum atomic E-state index is -0.481. The van der Waals surface area contributed by atoms with E-state index in [9.17, 15) is 9.90 Å². The number of amides is 1. The van der Waals surface area contributed by atoms with Crippen molar-refractivity contribution in [3.63, 3.8) is 0 Å². The Labute approximate surface area is 120 Å². The summed E-state index contributed by atoms with van der Waals surface area (Å²) < 4.78 is 5.10. The highest BCUT2D eigenvalue weighted by Crippen LogP contribution is 2.17. The molecule has 20 heavy (non-hydrogen) atoms. The molecule has 0 fully saturated rings. The molecule has 0 aliphatic rings. The molecule has 0 aromatic carbocycles. The van der Waals surface area contributed by atoms with Crippen molar-refractivity contribution >= 4 is 5.91 Å². The van der Waals surface area contributed by atoms with E-state index >= 15 is 0 Å². The standard InChI is InChI=1S/C15H26N2O3/c1-9(2)6-13(18)8-16-15(19)10(3)7-14-11(4)17-20-12(14)5/h9-10,13,18H,6-8H2,1-5H3,(H,16,19). The minimum absolute atomic E-state index is 0.0483. The third-order valence-corrected chi connectivity index (χ3v) is 3.39. The Morgan fingerprint density at radius 2 is 2.00 bits per heavy atom. The lowest BCUT2D eigenvalue weighted by molar-refractivity contribution is -0.125. The van der Waals surface area contributed by atoms with Crippen LogP contribution in [0.25, 0.3) is 0 Å². The van der Waals surface area contributed by atoms with Crippen molar-refractivity contribution in [2.75, 3.05) is 6.54 Å². The van der Waals surface area contributed by atoms with Crippen LogP contribution in [0.15, 0.2) is 4.52 Å². The first-order chi connectivity index (χ1) is 9.31. The van der Waals surface area contributed by atoms with Gasteiger partial charge < -0.3 is 14.9 Å². The summed E-state index contributed by atoms with van der Waals surface area (Å²) in [6, 6.07) is 0. The number of aliphatic hydroxyl groups is 1. The van der Waals surface area contributed by atoms with Crippen molar-refractivity contribution in [3.8, 4) is 0 Å². The molecule has 5 heteroatoms. The number of aromatic nitrogens is 1. The van der Waals surface area contributed by atoms with E-state index in [1.54, 1.807) is 0 Å². The van der Waals surface area contributed by atoms with Crippen LogP contribution in [-0.2, 0) is 11.2 Å². The molecule has 2 atom stereocenters. The van der Waals surface area contributed by atoms with Crippen molar-refractivity contribution in [2.45, 2.75) is 53.6 Å². The number of carbonyl (C=O) groups excluding carboxylic acids is 1. The Hall–Kier alpha value is -1.36. The molecule has 1 aromatic heterocycles. The van der Waals surface area contributed by atoms with Gasteiger partial charge in [-0.05, 0) is 32.6 Å². The monoisotopic (exact) mass is 282 g/mol. The normalized spacial score (nSPS) is 14.3. The molecule has 0 bridgehead atoms. The van der Waals surface area contributed by atoms with Crippen LogP contribution in [0.1, 0.15) is 44.2 Å². The third-order valence-electron chi connectivity index (χ3n) is 3.39. The van der Waals surface area contributed by atoms with Crippen molar-refractivity contribution < 1.29 is 14.4 Å². The number of nitrogens with one attached hydrogen (secondary N) is 1. The van der Waals surface area contributed by atoms with Gasteiger partial charge in [-0.2, -0.15) is 0 Å². The largest absolute Gasteiger partial charge is 0.391 e. The topological polar surface area (TPSA) is 75.4 Å². The van der Waals surface area contributed by atoms with E-state index in [4.69, 9.17) is 4.52 Å². The summed E-state index contributed by atoms with van der Waals surface area (Å²) in [5.74, 6) is 0.967. The molecule has 114 valence electrons. The van der Waals surface area contributed by atoms with Gasteiger partial charge in [0.1, 0.15) is 5.76 Å². The summed E-state index contributed by atoms with van der Waals surface area (Å²) >= 11 is 0. The van der Waals surface area contributed by atoms with Crippen LogP contribution in [0.4, 0.5) is 0 Å². The highest BCUT2D eigenvalue weighted by atomic mass is 16.5. The number of hydrogen-bond donors (Lipinski definition) is 2. The second kappa shape index (κ2) is 7.43. The maximum absolute atomic E-state index is 12.0. The quantitative estimate of drug-likeness (QED) is 0.802. The number of hydrogen-bond acceptors (Lipinski definition) is 4. The van der Waals surface area contributed by atoms with Crippen LogP contribution >= 0.6 is 0 Å². The van der Waals surface area contributed by atoms with Gasteiger partial charge in [-0.1, -0.05) is 25.9 Å². The van der Waals surface area contributed by atoms with E-state index in [2.05, 4.69) is 10.5 Å². The molecule has 0 saturated heterocycles. The SMILES string of the molecule is Cc1noc(C)c1CC(C)C(=O)NCC(O)CC(C)C. The second-order valence-electron chi connectivity index (χ2n) is 5.94. The Morgan fingerprint density at radius 1 is 1.35 bits per heavy atom. The molecule has 0 radical (unpaired) electrons. The number of aryl methyl sites for hydroxylation is 2. The lowest BCUT2D eigenvalue weighted by Crippen LogP contribution is -2.36. The highest BCUT2D eigenvalue weighted by Gasteiger charge is 2.19. The molecule has 1 aromatic rings. The molecule has 1 rings (SSSR count). The Balaban J connectivity index is 2.44. The zero-order valence-electron chi connectivity index (χ0n) is 13.1. The summed E-state index contributed by atoms with van der Waals surface area (Å²) in [5, 5.41) is 16.4. The molecule has 0 spiro atoms. The van der Waals surface area contributed by atoms with E-state index in [1.165, 1.54) is 0 Å². The predicted octanol–water partition coefficient (Wildman–Crippen LogP) is 1.99. The van der Waals surface area contributed by atoms with Crippen molar-refractivity contribution in [1.82, 2.24) is 10.5 Å². The zero-order valence-corrected chi connectivity index (χ0v) is 13.1. The van der Waals surface area contributed by atoms with E-state index in [0.29, 0.717) is 25.3 Å². The van der Waals surface area contributed by atoms with Crippen LogP contribution in [0, 0.1) is 25.7 Å². The first-order valence-electron chi connectivity index (χ1n) is 7.18. The smallest absolute Gasteiger partial charge is 0.223 e. The molecule has 2 unspecified atom stereocenters. The molecule has 5 nitrogen and oxygen atoms in total. The molecule has 1 heterocycles. The van der Waals surface area contributed by atoms with Gasteiger partial charge in [0.2, 0.25) is 5.91 Å². The first kappa shape index (κ1) is 16.7. The minimum Gasteiger partial charge on any atom is -0.391 e. The first-order valence-corrected chi connectivity index (χ1v) is 7.18. The molecule has 1 amide bonds. The van der Waals surface area contributed by atoms with Gasteiger partial charge in [0.25, 0.3) is 0 Å². The zero-order chi connectivity index (χ0) is 15.3. The van der Waals surface area contributed by atoms with E-state index < -0.39 is 6.10 Å². The summed E-state index contributed by atoms with van der Waals surface area (Å²) in [4.78, 5) is 12.0. The van der Waals surface area contributed by atoms with Crippen LogP contribution in [-0.4, -0.2) is 28.8 Å². The molecular weight excluding hydrogens is 256 g/mol. The third kappa shape index (κ3) is 4.96. The fourth-order valence-electron chi connectivity index (χ4n) is 2.21. The fraction of sp³-hybridized carbons (Fsp3) is 0.733. The van der Waals surface area contributed by atoms with Gasteiger partial charge >= 0.3 is 0 Å². The van der Waals surface area contributed by atoms with E-state index in [-0.39, 0.29) is 11.8 Å². The Kier molecular flexibility index (Phi) is 6.20. The van der Waals surface area contributed by atoms with Gasteiger partial charge in [0, 0.05) is 18.0 Å². The number of carbonyl (C=O) groups is 1. The molecule has 2 N–H and O–H groups in total. The van der Waals surface area contributed by atoms with Crippen LogP contribution in [0.5, 0.6) is 0 Å². The van der Waals surface area contributed by atoms with Crippen molar-refractivity contribution in [2.24, 2.45) is 11.8 Å². The van der Waals surface area contributed by atoms with Crippen molar-refractivity contribution in [1.29, 1.82) is 0 Å². The van der Waals surface area contributed by atoms with Crippen molar-refractivity contribution in [3.05, 3.63) is 17.0 Å². The molecule has 0 aliphatic heterocycles. The molecule has 0 saturated carbocycles. The molecular formula is C15H26N2O3. The van der Waals surface area contributed by atoms with Crippen LogP contribution in [0.3, 0.4) is 0 Å².